The number of amides is 2. The van der Waals surface area contributed by atoms with Gasteiger partial charge in [0.25, 0.3) is 5.79 Å². The minimum absolute atomic E-state index is 0.159. The Hall–Kier alpha value is -2.96. The first-order chi connectivity index (χ1) is 48.3. The van der Waals surface area contributed by atoms with Crippen molar-refractivity contribution in [2.45, 2.75) is 360 Å². The molecule has 2 amide bonds. The standard InChI is InChI=1S/C68H122N2O31/c1-5-7-9-11-13-15-16-17-18-20-21-23-25-27-41(78)40(70-48(81)28-26-24-22-19-14-12-10-8-6-2)36-92-64-56(88)54(86)59(46(34-74)95-64)98-66-57(89)62(101-68(67(90)91)30-42(79)49(69-38(4)77)61(100-68)50(82)43(80)31-71)60(47(35-75)96-66)99-63-39(29-37(3)76)58(52(84)45(33-73)93-63)97-65-55(87)53(85)51(83)44(32-72)94-65/h39-47,49-66,71-75,78-80,82-89H,5-36H2,1-4H3,(H,69,77)(H,70,81)(H,90,91)/t39-,40+,41-,42+,43-,44-,45-,46-,47-,49-,50-,51+,52+,53+,54-,55-,56-,57-,58-,59-,60+,61?,62-,63+,64-,65+,66+,68+/m1/s1. The van der Waals surface area contributed by atoms with E-state index in [-0.39, 0.29) is 18.7 Å². The van der Waals surface area contributed by atoms with E-state index in [0.717, 1.165) is 84.5 Å². The van der Waals surface area contributed by atoms with Crippen LogP contribution in [0.15, 0.2) is 0 Å². The van der Waals surface area contributed by atoms with Crippen molar-refractivity contribution in [1.82, 2.24) is 10.6 Å². The lowest BCUT2D eigenvalue weighted by Crippen LogP contribution is -2.71. The third-order valence-corrected chi connectivity index (χ3v) is 19.7. The molecule has 0 aromatic heterocycles. The fourth-order valence-electron chi connectivity index (χ4n) is 13.8. The molecule has 5 aliphatic rings. The summed E-state index contributed by atoms with van der Waals surface area (Å²) in [6, 6.07) is -2.80. The maximum absolute atomic E-state index is 13.8. The Morgan fingerprint density at radius 1 is 0.505 bits per heavy atom. The van der Waals surface area contributed by atoms with Gasteiger partial charge in [-0.25, -0.2) is 4.79 Å². The molecule has 5 fully saturated rings. The molecule has 5 heterocycles. The van der Waals surface area contributed by atoms with Gasteiger partial charge in [-0.3, -0.25) is 9.59 Å². The lowest BCUT2D eigenvalue weighted by atomic mass is 9.86. The fraction of sp³-hybridized carbons (Fsp3) is 0.941. The van der Waals surface area contributed by atoms with Crippen LogP contribution in [0.4, 0.5) is 0 Å². The molecule has 0 aromatic carbocycles. The number of carboxylic acids is 1. The quantitative estimate of drug-likeness (QED) is 0.0291. The SMILES string of the molecule is CCCCCCCCCCCCCCC[C@@H](O)[C@H](CO[C@@H]1O[C@H](CO)[C@@H](O[C@@H]2O[C@H](CO)[C@H](O[C@@H]3O[C@H](CO)[C@H](O)[C@H](O[C@@H]4O[C@H](CO)[C@H](O)[C@H](O)[C@H]4O)[C@H]3CC(C)=O)[C@H](O[C@]3(C(=O)O)C[C@H](O)[C@@H](NC(C)=O)C([C@H](O)[C@H](O)CO)O3)[C@H]2O)[C@H](O)[C@H]1O)NC(=O)CCCCCCCCCCC. The van der Waals surface area contributed by atoms with Crippen molar-refractivity contribution in [2.75, 3.05) is 39.6 Å². The number of aliphatic hydroxyl groups excluding tert-OH is 16. The molecule has 0 bridgehead atoms. The number of ether oxygens (including phenoxy) is 10. The third kappa shape index (κ3) is 26.2. The van der Waals surface area contributed by atoms with Gasteiger partial charge in [0.05, 0.1) is 70.0 Å². The Morgan fingerprint density at radius 3 is 1.50 bits per heavy atom. The highest BCUT2D eigenvalue weighted by atomic mass is 16.8. The second-order valence-electron chi connectivity index (χ2n) is 27.9. The van der Waals surface area contributed by atoms with Crippen LogP contribution in [-0.4, -0.2) is 315 Å². The molecule has 0 radical (unpaired) electrons. The molecular weight excluding hydrogens is 1340 g/mol. The number of unbranched alkanes of at least 4 members (excludes halogenated alkanes) is 20. The van der Waals surface area contributed by atoms with Gasteiger partial charge in [-0.2, -0.15) is 0 Å². The van der Waals surface area contributed by atoms with E-state index in [0.29, 0.717) is 12.8 Å². The van der Waals surface area contributed by atoms with E-state index >= 15 is 0 Å². The number of Topliss-reactive ketones (excluding diaryl/α,β-unsaturated/α-hetero) is 1. The maximum atomic E-state index is 13.8. The van der Waals surface area contributed by atoms with Crippen molar-refractivity contribution in [1.29, 1.82) is 0 Å². The van der Waals surface area contributed by atoms with Crippen molar-refractivity contribution in [2.24, 2.45) is 5.92 Å². The van der Waals surface area contributed by atoms with Crippen LogP contribution in [0.25, 0.3) is 0 Å². The Morgan fingerprint density at radius 2 is 0.970 bits per heavy atom. The number of carbonyl (C=O) groups is 4. The Balaban J connectivity index is 1.43. The van der Waals surface area contributed by atoms with Crippen molar-refractivity contribution >= 4 is 23.6 Å². The van der Waals surface area contributed by atoms with Gasteiger partial charge in [-0.15, -0.1) is 0 Å². The molecule has 33 nitrogen and oxygen atoms in total. The minimum atomic E-state index is -3.36. The molecule has 0 aliphatic carbocycles. The Bertz CT molecular complexity index is 2340. The number of carboxylic acid groups (broad SMARTS) is 1. The average molecular weight is 1460 g/mol. The lowest BCUT2D eigenvalue weighted by Gasteiger charge is -2.52. The number of nitrogens with one attached hydrogen (secondary N) is 2. The van der Waals surface area contributed by atoms with Gasteiger partial charge < -0.3 is 150 Å². The molecule has 19 N–H and O–H groups in total. The molecule has 28 atom stereocenters. The zero-order chi connectivity index (χ0) is 74.5. The minimum Gasteiger partial charge on any atom is -0.477 e. The van der Waals surface area contributed by atoms with Gasteiger partial charge in [0, 0.05) is 32.1 Å². The van der Waals surface area contributed by atoms with Gasteiger partial charge in [-0.05, 0) is 19.8 Å². The van der Waals surface area contributed by atoms with Crippen LogP contribution in [-0.2, 0) is 66.5 Å². The summed E-state index contributed by atoms with van der Waals surface area (Å²) in [5.74, 6) is -9.03. The topological polar surface area (TPSA) is 529 Å². The van der Waals surface area contributed by atoms with E-state index in [9.17, 15) is 106 Å². The number of ketones is 1. The molecule has 1 unspecified atom stereocenters. The van der Waals surface area contributed by atoms with Crippen LogP contribution >= 0.6 is 0 Å². The maximum Gasteiger partial charge on any atom is 0.364 e. The molecule has 33 heteroatoms. The number of hydrogen-bond donors (Lipinski definition) is 19. The number of aliphatic carboxylic acids is 1. The second-order valence-corrected chi connectivity index (χ2v) is 27.9. The number of rotatable bonds is 48. The zero-order valence-electron chi connectivity index (χ0n) is 59.0. The summed E-state index contributed by atoms with van der Waals surface area (Å²) in [5.41, 5.74) is 0. The smallest absolute Gasteiger partial charge is 0.364 e. The van der Waals surface area contributed by atoms with Crippen molar-refractivity contribution in [3.8, 4) is 0 Å². The van der Waals surface area contributed by atoms with E-state index in [1.165, 1.54) is 57.8 Å². The molecule has 0 aromatic rings. The van der Waals surface area contributed by atoms with Crippen LogP contribution in [0.3, 0.4) is 0 Å². The first kappa shape index (κ1) is 88.7. The second kappa shape index (κ2) is 45.6. The first-order valence-electron chi connectivity index (χ1n) is 36.6. The lowest BCUT2D eigenvalue weighted by molar-refractivity contribution is -0.406. The van der Waals surface area contributed by atoms with Crippen LogP contribution < -0.4 is 10.6 Å². The highest BCUT2D eigenvalue weighted by Gasteiger charge is 2.62. The molecule has 590 valence electrons. The van der Waals surface area contributed by atoms with E-state index in [1.54, 1.807) is 0 Å². The molecule has 5 aliphatic heterocycles. The number of carbonyl (C=O) groups excluding carboxylic acids is 3. The number of hydrogen-bond acceptors (Lipinski definition) is 30. The summed E-state index contributed by atoms with van der Waals surface area (Å²) in [6.07, 6.45) is -26.3. The van der Waals surface area contributed by atoms with Crippen molar-refractivity contribution < 1.29 is 153 Å². The highest BCUT2D eigenvalue weighted by molar-refractivity contribution is 5.77. The van der Waals surface area contributed by atoms with E-state index in [2.05, 4.69) is 24.5 Å². The van der Waals surface area contributed by atoms with Crippen molar-refractivity contribution in [3.05, 3.63) is 0 Å². The van der Waals surface area contributed by atoms with Gasteiger partial charge in [-0.1, -0.05) is 149 Å². The summed E-state index contributed by atoms with van der Waals surface area (Å²) in [5, 5.41) is 194. The largest absolute Gasteiger partial charge is 0.477 e. The number of aliphatic hydroxyl groups is 16. The van der Waals surface area contributed by atoms with Crippen LogP contribution in [0.1, 0.15) is 195 Å². The molecule has 5 rings (SSSR count). The predicted molar refractivity (Wildman–Crippen MR) is 352 cm³/mol. The normalized spacial score (nSPS) is 35.9. The summed E-state index contributed by atoms with van der Waals surface area (Å²) >= 11 is 0. The monoisotopic (exact) mass is 1460 g/mol. The predicted octanol–water partition coefficient (Wildman–Crippen LogP) is -2.07. The molecular formula is C68H122N2O31. The Labute approximate surface area is 591 Å². The third-order valence-electron chi connectivity index (χ3n) is 19.7. The van der Waals surface area contributed by atoms with Gasteiger partial charge in [0.1, 0.15) is 110 Å². The van der Waals surface area contributed by atoms with Crippen molar-refractivity contribution in [3.63, 3.8) is 0 Å². The molecule has 101 heavy (non-hydrogen) atoms. The van der Waals surface area contributed by atoms with E-state index in [1.807, 2.05) is 0 Å². The molecule has 5 saturated heterocycles. The van der Waals surface area contributed by atoms with Crippen LogP contribution in [0.5, 0.6) is 0 Å². The highest BCUT2D eigenvalue weighted by Crippen LogP contribution is 2.42. The van der Waals surface area contributed by atoms with Gasteiger partial charge >= 0.3 is 5.97 Å². The summed E-state index contributed by atoms with van der Waals surface area (Å²) in [6.45, 7) is 0.530. The van der Waals surface area contributed by atoms with Crippen LogP contribution in [0.2, 0.25) is 0 Å². The molecule has 0 spiro atoms. The van der Waals surface area contributed by atoms with Gasteiger partial charge in [0.2, 0.25) is 11.8 Å². The molecule has 0 saturated carbocycles. The van der Waals surface area contributed by atoms with E-state index in [4.69, 9.17) is 47.4 Å². The average Bonchev–Trinajstić information content (AvgIpc) is 0.752. The fourth-order valence-corrected chi connectivity index (χ4v) is 13.8. The zero-order valence-corrected chi connectivity index (χ0v) is 59.0. The summed E-state index contributed by atoms with van der Waals surface area (Å²) in [4.78, 5) is 52.9. The van der Waals surface area contributed by atoms with Gasteiger partial charge in [0.15, 0.2) is 25.2 Å². The first-order valence-corrected chi connectivity index (χ1v) is 36.6. The van der Waals surface area contributed by atoms with Crippen LogP contribution in [0, 0.1) is 5.92 Å². The van der Waals surface area contributed by atoms with E-state index < -0.39 is 241 Å². The summed E-state index contributed by atoms with van der Waals surface area (Å²) < 4.78 is 60.3. The summed E-state index contributed by atoms with van der Waals surface area (Å²) in [7, 11) is 0. The Kier molecular flexibility index (Phi) is 40.1.